The van der Waals surface area contributed by atoms with Crippen molar-refractivity contribution in [3.05, 3.63) is 192 Å². The van der Waals surface area contributed by atoms with Gasteiger partial charge in [0.25, 0.3) is 0 Å². The number of benzene rings is 3. The van der Waals surface area contributed by atoms with E-state index in [4.69, 9.17) is 11.5 Å². The Hall–Kier alpha value is -6.00. The largest absolute Gasteiger partial charge is 0.404 e. The van der Waals surface area contributed by atoms with Crippen LogP contribution < -0.4 is 16.8 Å². The number of hydrogen-bond donors (Lipinski definition) is 3. The molecule has 4 nitrogen and oxygen atoms in total. The second-order valence-corrected chi connectivity index (χ2v) is 11.7. The van der Waals surface area contributed by atoms with Crippen molar-refractivity contribution >= 4 is 17.8 Å². The van der Waals surface area contributed by atoms with E-state index in [0.717, 1.165) is 67.3 Å². The lowest BCUT2D eigenvalue weighted by atomic mass is 9.94. The fraction of sp³-hybridized carbons (Fsp3) is 0.0909. The first-order valence-electron chi connectivity index (χ1n) is 16.1. The quantitative estimate of drug-likeness (QED) is 0.145. The van der Waals surface area contributed by atoms with E-state index in [1.807, 2.05) is 61.7 Å². The van der Waals surface area contributed by atoms with Gasteiger partial charge in [0.1, 0.15) is 0 Å². The van der Waals surface area contributed by atoms with Crippen molar-refractivity contribution < 1.29 is 0 Å². The Labute approximate surface area is 285 Å². The highest BCUT2D eigenvalue weighted by molar-refractivity contribution is 5.84. The van der Waals surface area contributed by atoms with E-state index in [-0.39, 0.29) is 6.04 Å². The summed E-state index contributed by atoms with van der Waals surface area (Å²) in [7, 11) is 0. The van der Waals surface area contributed by atoms with E-state index >= 15 is 0 Å². The molecule has 0 spiro atoms. The first-order chi connectivity index (χ1) is 23.3. The Balaban J connectivity index is 1.64. The zero-order valence-electron chi connectivity index (χ0n) is 28.1. The Morgan fingerprint density at radius 1 is 0.896 bits per heavy atom. The molecule has 0 bridgehead atoms. The van der Waals surface area contributed by atoms with Crippen molar-refractivity contribution in [3.8, 4) is 28.1 Å². The number of allylic oxidation sites excluding steroid dienone is 7. The van der Waals surface area contributed by atoms with Crippen molar-refractivity contribution in [2.75, 3.05) is 0 Å². The second-order valence-electron chi connectivity index (χ2n) is 11.7. The summed E-state index contributed by atoms with van der Waals surface area (Å²) in [5.41, 5.74) is 26.8. The third-order valence-electron chi connectivity index (χ3n) is 8.82. The van der Waals surface area contributed by atoms with Gasteiger partial charge in [-0.3, -0.25) is 0 Å². The number of rotatable bonds is 11. The molecular weight excluding hydrogens is 585 g/mol. The summed E-state index contributed by atoms with van der Waals surface area (Å²) < 4.78 is 2.35. The predicted octanol–water partition coefficient (Wildman–Crippen LogP) is 9.96. The highest BCUT2D eigenvalue weighted by atomic mass is 15.0. The first kappa shape index (κ1) is 33.4. The van der Waals surface area contributed by atoms with Gasteiger partial charge in [-0.2, -0.15) is 0 Å². The molecule has 48 heavy (non-hydrogen) atoms. The fourth-order valence-electron chi connectivity index (χ4n) is 6.05. The van der Waals surface area contributed by atoms with E-state index in [9.17, 15) is 0 Å². The number of hydrogen-bond acceptors (Lipinski definition) is 3. The molecule has 240 valence electrons. The van der Waals surface area contributed by atoms with Gasteiger partial charge < -0.3 is 21.4 Å². The minimum Gasteiger partial charge on any atom is -0.404 e. The van der Waals surface area contributed by atoms with Crippen LogP contribution in [-0.2, 0) is 0 Å². The van der Waals surface area contributed by atoms with Crippen molar-refractivity contribution in [3.63, 3.8) is 0 Å². The van der Waals surface area contributed by atoms with Crippen molar-refractivity contribution in [2.24, 2.45) is 11.5 Å². The van der Waals surface area contributed by atoms with Gasteiger partial charge in [0, 0.05) is 35.0 Å². The van der Waals surface area contributed by atoms with E-state index < -0.39 is 0 Å². The number of nitrogens with one attached hydrogen (secondary N) is 1. The Morgan fingerprint density at radius 2 is 1.67 bits per heavy atom. The van der Waals surface area contributed by atoms with Crippen molar-refractivity contribution in [1.29, 1.82) is 0 Å². The molecule has 4 aromatic rings. The highest BCUT2D eigenvalue weighted by Gasteiger charge is 2.22. The zero-order chi connectivity index (χ0) is 34.2. The Kier molecular flexibility index (Phi) is 10.5. The van der Waals surface area contributed by atoms with Crippen LogP contribution in [0.3, 0.4) is 0 Å². The van der Waals surface area contributed by atoms with Gasteiger partial charge in [0.05, 0.1) is 11.7 Å². The molecule has 0 aliphatic carbocycles. The molecule has 0 amide bonds. The van der Waals surface area contributed by atoms with Gasteiger partial charge >= 0.3 is 0 Å². The lowest BCUT2D eigenvalue weighted by Gasteiger charge is -2.21. The molecule has 4 heteroatoms. The fourth-order valence-corrected chi connectivity index (χ4v) is 6.05. The van der Waals surface area contributed by atoms with Crippen LogP contribution >= 0.6 is 0 Å². The maximum absolute atomic E-state index is 6.37. The van der Waals surface area contributed by atoms with E-state index in [2.05, 4.69) is 116 Å². The van der Waals surface area contributed by atoms with Crippen molar-refractivity contribution in [1.82, 2.24) is 9.88 Å². The lowest BCUT2D eigenvalue weighted by Crippen LogP contribution is -2.26. The summed E-state index contributed by atoms with van der Waals surface area (Å²) in [6, 6.07) is 25.4. The average molecular weight is 629 g/mol. The maximum atomic E-state index is 6.37. The van der Waals surface area contributed by atoms with E-state index in [1.165, 1.54) is 11.1 Å². The number of nitrogens with zero attached hydrogens (tertiary/aromatic N) is 1. The van der Waals surface area contributed by atoms with Crippen LogP contribution in [0.25, 0.3) is 45.9 Å². The molecule has 2 heterocycles. The summed E-state index contributed by atoms with van der Waals surface area (Å²) in [6.45, 7) is 18.7. The third kappa shape index (κ3) is 6.74. The summed E-state index contributed by atoms with van der Waals surface area (Å²) >= 11 is 0. The molecule has 1 unspecified atom stereocenters. The Morgan fingerprint density at radius 3 is 2.31 bits per heavy atom. The molecule has 0 saturated carbocycles. The standard InChI is InChI=1S/C44H44N4/c1-7-11-20-41(46)37-17-15-16-35(26-37)36-21-23-40(32(8-2)25-36)44-31(6)30(5)43(48(44)39-18-13-12-14-19-39)27-33(9-3)42-24-22-38(29-47-42)34(10-4)28-45/h7-29,42,47H,2-4,45-46H2,1,5-6H3/b11-7-,33-27+,34-28+,41-20-. The van der Waals surface area contributed by atoms with E-state index in [0.29, 0.717) is 0 Å². The van der Waals surface area contributed by atoms with Crippen LogP contribution in [0.4, 0.5) is 0 Å². The van der Waals surface area contributed by atoms with Crippen LogP contribution in [0, 0.1) is 13.8 Å². The molecule has 1 aromatic heterocycles. The van der Waals surface area contributed by atoms with Gasteiger partial charge in [-0.25, -0.2) is 0 Å². The molecular formula is C44H44N4. The SMILES string of the molecule is C=C/C(=C\N)C1=CNC(/C(C=C)=C/c2c(C)c(C)c(-c3ccc(-c4cccc(/C(N)=C/C=C\C)c4)cc3C=C)n2-c2ccccc2)C=C1. The number of dihydropyridines is 1. The maximum Gasteiger partial charge on any atom is 0.0696 e. The van der Waals surface area contributed by atoms with Crippen molar-refractivity contribution in [2.45, 2.75) is 26.8 Å². The van der Waals surface area contributed by atoms with Crippen LogP contribution in [0.15, 0.2) is 164 Å². The molecule has 0 fully saturated rings. The lowest BCUT2D eigenvalue weighted by molar-refractivity contribution is 0.797. The zero-order valence-corrected chi connectivity index (χ0v) is 28.1. The van der Waals surface area contributed by atoms with Crippen LogP contribution in [0.5, 0.6) is 0 Å². The molecule has 0 saturated heterocycles. The van der Waals surface area contributed by atoms with Gasteiger partial charge in [0.15, 0.2) is 0 Å². The predicted molar refractivity (Wildman–Crippen MR) is 208 cm³/mol. The first-order valence-corrected chi connectivity index (χ1v) is 16.1. The number of aromatic nitrogens is 1. The molecule has 1 aliphatic rings. The third-order valence-corrected chi connectivity index (χ3v) is 8.82. The minimum atomic E-state index is -0.0574. The van der Waals surface area contributed by atoms with Crippen LogP contribution in [0.2, 0.25) is 0 Å². The van der Waals surface area contributed by atoms with Gasteiger partial charge in [-0.1, -0.05) is 111 Å². The topological polar surface area (TPSA) is 69.0 Å². The number of para-hydroxylation sites is 1. The minimum absolute atomic E-state index is 0.0574. The molecule has 5 rings (SSSR count). The van der Waals surface area contributed by atoms with E-state index in [1.54, 1.807) is 12.3 Å². The van der Waals surface area contributed by atoms with Gasteiger partial charge in [0.2, 0.25) is 0 Å². The molecule has 3 aromatic carbocycles. The molecule has 1 aliphatic heterocycles. The smallest absolute Gasteiger partial charge is 0.0696 e. The highest BCUT2D eigenvalue weighted by Crippen LogP contribution is 2.39. The normalized spacial score (nSPS) is 15.3. The number of nitrogens with two attached hydrogens (primary N) is 2. The Bertz CT molecular complexity index is 2040. The molecule has 5 N–H and O–H groups in total. The summed E-state index contributed by atoms with van der Waals surface area (Å²) in [4.78, 5) is 0. The average Bonchev–Trinajstić information content (AvgIpc) is 3.38. The summed E-state index contributed by atoms with van der Waals surface area (Å²) in [6.07, 6.45) is 21.4. The summed E-state index contributed by atoms with van der Waals surface area (Å²) in [5.74, 6) is 0. The molecule has 1 atom stereocenters. The summed E-state index contributed by atoms with van der Waals surface area (Å²) in [5, 5.41) is 3.51. The van der Waals surface area contributed by atoms with Gasteiger partial charge in [-0.15, -0.1) is 0 Å². The monoisotopic (exact) mass is 628 g/mol. The van der Waals surface area contributed by atoms with Gasteiger partial charge in [-0.05, 0) is 107 Å². The molecule has 0 radical (unpaired) electrons. The van der Waals surface area contributed by atoms with Crippen LogP contribution in [0.1, 0.15) is 34.9 Å². The van der Waals surface area contributed by atoms with Crippen LogP contribution in [-0.4, -0.2) is 10.6 Å². The second kappa shape index (κ2) is 15.1.